The highest BCUT2D eigenvalue weighted by atomic mass is 16.5. The predicted octanol–water partition coefficient (Wildman–Crippen LogP) is 3.16. The third-order valence-electron chi connectivity index (χ3n) is 3.05. The van der Waals surface area contributed by atoms with Crippen LogP contribution in [0.15, 0.2) is 24.3 Å². The molecule has 2 atom stereocenters. The number of hydrogen-bond acceptors (Lipinski definition) is 3. The van der Waals surface area contributed by atoms with Crippen molar-refractivity contribution in [2.45, 2.75) is 39.3 Å². The molecule has 0 fully saturated rings. The standard InChI is InChI=1S/C15H25NO2/c1-5-12(2)18-15-9-7-6-8-14(15)13(3)16-10-11-17-4/h6-9,12-13,16H,5,10-11H2,1-4H3/t12-,13+/m1/s1. The average Bonchev–Trinajstić information content (AvgIpc) is 2.39. The molecular formula is C15H25NO2. The minimum atomic E-state index is 0.248. The van der Waals surface area contributed by atoms with Gasteiger partial charge in [0, 0.05) is 25.3 Å². The SMILES string of the molecule is CC[C@@H](C)Oc1ccccc1[C@H](C)NCCOC. The fraction of sp³-hybridized carbons (Fsp3) is 0.600. The molecule has 0 spiro atoms. The van der Waals surface area contributed by atoms with E-state index in [0.717, 1.165) is 25.3 Å². The molecule has 1 N–H and O–H groups in total. The summed E-state index contributed by atoms with van der Waals surface area (Å²) in [5.74, 6) is 0.976. The lowest BCUT2D eigenvalue weighted by atomic mass is 10.1. The van der Waals surface area contributed by atoms with Crippen LogP contribution >= 0.6 is 0 Å². The molecule has 0 radical (unpaired) electrons. The largest absolute Gasteiger partial charge is 0.490 e. The number of hydrogen-bond donors (Lipinski definition) is 1. The number of methoxy groups -OCH3 is 1. The van der Waals surface area contributed by atoms with Gasteiger partial charge in [0.15, 0.2) is 0 Å². The van der Waals surface area contributed by atoms with E-state index in [4.69, 9.17) is 9.47 Å². The molecule has 1 aromatic carbocycles. The van der Waals surface area contributed by atoms with Gasteiger partial charge in [0.05, 0.1) is 12.7 Å². The lowest BCUT2D eigenvalue weighted by Gasteiger charge is -2.20. The molecule has 0 aliphatic rings. The maximum Gasteiger partial charge on any atom is 0.124 e. The molecule has 3 heteroatoms. The van der Waals surface area contributed by atoms with Crippen LogP contribution < -0.4 is 10.1 Å². The third kappa shape index (κ3) is 4.67. The van der Waals surface area contributed by atoms with Crippen LogP contribution in [0.5, 0.6) is 5.75 Å². The van der Waals surface area contributed by atoms with E-state index in [-0.39, 0.29) is 12.1 Å². The minimum absolute atomic E-state index is 0.248. The summed E-state index contributed by atoms with van der Waals surface area (Å²) < 4.78 is 11.0. The maximum atomic E-state index is 5.95. The van der Waals surface area contributed by atoms with Crippen molar-refractivity contribution in [3.05, 3.63) is 29.8 Å². The van der Waals surface area contributed by atoms with Crippen molar-refractivity contribution in [1.29, 1.82) is 0 Å². The topological polar surface area (TPSA) is 30.5 Å². The lowest BCUT2D eigenvalue weighted by molar-refractivity contribution is 0.194. The molecule has 0 saturated heterocycles. The molecular weight excluding hydrogens is 226 g/mol. The van der Waals surface area contributed by atoms with Crippen molar-refractivity contribution in [1.82, 2.24) is 5.32 Å². The Balaban J connectivity index is 2.68. The first-order chi connectivity index (χ1) is 8.69. The Labute approximate surface area is 110 Å². The van der Waals surface area contributed by atoms with Crippen LogP contribution in [-0.4, -0.2) is 26.4 Å². The van der Waals surface area contributed by atoms with E-state index < -0.39 is 0 Å². The molecule has 0 unspecified atom stereocenters. The van der Waals surface area contributed by atoms with Gasteiger partial charge in [0.2, 0.25) is 0 Å². The molecule has 0 aliphatic heterocycles. The molecule has 0 bridgehead atoms. The van der Waals surface area contributed by atoms with Crippen LogP contribution in [0.3, 0.4) is 0 Å². The van der Waals surface area contributed by atoms with Crippen molar-refractivity contribution in [3.8, 4) is 5.75 Å². The van der Waals surface area contributed by atoms with Gasteiger partial charge in [-0.1, -0.05) is 25.1 Å². The minimum Gasteiger partial charge on any atom is -0.490 e. The number of benzene rings is 1. The van der Waals surface area contributed by atoms with Crippen molar-refractivity contribution >= 4 is 0 Å². The van der Waals surface area contributed by atoms with Crippen LogP contribution in [0, 0.1) is 0 Å². The maximum absolute atomic E-state index is 5.95. The van der Waals surface area contributed by atoms with Gasteiger partial charge < -0.3 is 14.8 Å². The molecule has 0 aliphatic carbocycles. The summed E-state index contributed by atoms with van der Waals surface area (Å²) in [6.45, 7) is 7.94. The van der Waals surface area contributed by atoms with E-state index >= 15 is 0 Å². The first-order valence-electron chi connectivity index (χ1n) is 6.67. The van der Waals surface area contributed by atoms with Crippen LogP contribution in [0.2, 0.25) is 0 Å². The molecule has 1 aromatic rings. The van der Waals surface area contributed by atoms with E-state index in [0.29, 0.717) is 0 Å². The highest BCUT2D eigenvalue weighted by molar-refractivity contribution is 5.35. The van der Waals surface area contributed by atoms with Crippen molar-refractivity contribution < 1.29 is 9.47 Å². The third-order valence-corrected chi connectivity index (χ3v) is 3.05. The number of rotatable bonds is 8. The second-order valence-electron chi connectivity index (χ2n) is 4.54. The summed E-state index contributed by atoms with van der Waals surface area (Å²) >= 11 is 0. The number of para-hydroxylation sites is 1. The van der Waals surface area contributed by atoms with Crippen molar-refractivity contribution in [2.75, 3.05) is 20.3 Å². The number of nitrogens with one attached hydrogen (secondary N) is 1. The highest BCUT2D eigenvalue weighted by Gasteiger charge is 2.12. The Morgan fingerprint density at radius 3 is 2.61 bits per heavy atom. The smallest absolute Gasteiger partial charge is 0.124 e. The summed E-state index contributed by atoms with van der Waals surface area (Å²) in [6.07, 6.45) is 1.26. The Hall–Kier alpha value is -1.06. The molecule has 1 rings (SSSR count). The van der Waals surface area contributed by atoms with E-state index in [1.165, 1.54) is 5.56 Å². The molecule has 18 heavy (non-hydrogen) atoms. The zero-order valence-electron chi connectivity index (χ0n) is 11.9. The fourth-order valence-electron chi connectivity index (χ4n) is 1.73. The number of ether oxygens (including phenoxy) is 2. The molecule has 0 amide bonds. The average molecular weight is 251 g/mol. The zero-order valence-corrected chi connectivity index (χ0v) is 11.9. The van der Waals surface area contributed by atoms with Crippen LogP contribution in [0.4, 0.5) is 0 Å². The zero-order chi connectivity index (χ0) is 13.4. The van der Waals surface area contributed by atoms with Gasteiger partial charge >= 0.3 is 0 Å². The fourth-order valence-corrected chi connectivity index (χ4v) is 1.73. The van der Waals surface area contributed by atoms with Gasteiger partial charge in [-0.15, -0.1) is 0 Å². The Morgan fingerprint density at radius 1 is 1.22 bits per heavy atom. The Morgan fingerprint density at radius 2 is 1.94 bits per heavy atom. The van der Waals surface area contributed by atoms with Crippen molar-refractivity contribution in [3.63, 3.8) is 0 Å². The molecule has 0 saturated carbocycles. The predicted molar refractivity (Wildman–Crippen MR) is 75.1 cm³/mol. The summed E-state index contributed by atoms with van der Waals surface area (Å²) in [7, 11) is 1.71. The van der Waals surface area contributed by atoms with Gasteiger partial charge in [0.1, 0.15) is 5.75 Å². The van der Waals surface area contributed by atoms with Crippen LogP contribution in [0.25, 0.3) is 0 Å². The molecule has 102 valence electrons. The van der Waals surface area contributed by atoms with E-state index in [1.54, 1.807) is 7.11 Å². The van der Waals surface area contributed by atoms with E-state index in [2.05, 4.69) is 32.2 Å². The Kier molecular flexibility index (Phi) is 6.76. The first kappa shape index (κ1) is 15.0. The van der Waals surface area contributed by atoms with Gasteiger partial charge in [0.25, 0.3) is 0 Å². The van der Waals surface area contributed by atoms with Crippen molar-refractivity contribution in [2.24, 2.45) is 0 Å². The van der Waals surface area contributed by atoms with Crippen LogP contribution in [0.1, 0.15) is 38.8 Å². The summed E-state index contributed by atoms with van der Waals surface area (Å²) in [6, 6.07) is 8.48. The second-order valence-corrected chi connectivity index (χ2v) is 4.54. The summed E-state index contributed by atoms with van der Waals surface area (Å²) in [5, 5.41) is 3.43. The van der Waals surface area contributed by atoms with Gasteiger partial charge in [-0.05, 0) is 26.3 Å². The van der Waals surface area contributed by atoms with E-state index in [1.807, 2.05) is 18.2 Å². The highest BCUT2D eigenvalue weighted by Crippen LogP contribution is 2.25. The van der Waals surface area contributed by atoms with Gasteiger partial charge in [-0.25, -0.2) is 0 Å². The van der Waals surface area contributed by atoms with Crippen LogP contribution in [-0.2, 0) is 4.74 Å². The molecule has 0 heterocycles. The first-order valence-corrected chi connectivity index (χ1v) is 6.67. The Bertz CT molecular complexity index is 341. The quantitative estimate of drug-likeness (QED) is 0.720. The van der Waals surface area contributed by atoms with Gasteiger partial charge in [-0.3, -0.25) is 0 Å². The molecule has 0 aromatic heterocycles. The second kappa shape index (κ2) is 8.11. The summed E-state index contributed by atoms with van der Waals surface area (Å²) in [5.41, 5.74) is 1.20. The van der Waals surface area contributed by atoms with E-state index in [9.17, 15) is 0 Å². The normalized spacial score (nSPS) is 14.2. The monoisotopic (exact) mass is 251 g/mol. The van der Waals surface area contributed by atoms with Gasteiger partial charge in [-0.2, -0.15) is 0 Å². The lowest BCUT2D eigenvalue weighted by Crippen LogP contribution is -2.23. The summed E-state index contributed by atoms with van der Waals surface area (Å²) in [4.78, 5) is 0. The molecule has 3 nitrogen and oxygen atoms in total.